The van der Waals surface area contributed by atoms with Gasteiger partial charge in [0.05, 0.1) is 26.2 Å². The van der Waals surface area contributed by atoms with E-state index in [1.54, 1.807) is 0 Å². The Bertz CT molecular complexity index is 654. The summed E-state index contributed by atoms with van der Waals surface area (Å²) in [5.41, 5.74) is 2.13. The Hall–Kier alpha value is -2.33. The zero-order valence-electron chi connectivity index (χ0n) is 14.0. The summed E-state index contributed by atoms with van der Waals surface area (Å²) >= 11 is 0. The SMILES string of the molecule is CCOc1ccc(CC(=O)N2CCOC(c3ccccc3)C2)cc1. The van der Waals surface area contributed by atoms with Crippen LogP contribution in [0, 0.1) is 0 Å². The van der Waals surface area contributed by atoms with Crippen molar-refractivity contribution in [3.05, 3.63) is 65.7 Å². The quantitative estimate of drug-likeness (QED) is 0.847. The lowest BCUT2D eigenvalue weighted by Crippen LogP contribution is -2.42. The van der Waals surface area contributed by atoms with Crippen molar-refractivity contribution in [2.75, 3.05) is 26.3 Å². The molecule has 1 aliphatic rings. The first-order valence-electron chi connectivity index (χ1n) is 8.42. The van der Waals surface area contributed by atoms with Crippen LogP contribution in [0.3, 0.4) is 0 Å². The summed E-state index contributed by atoms with van der Waals surface area (Å²) in [5.74, 6) is 0.979. The summed E-state index contributed by atoms with van der Waals surface area (Å²) in [7, 11) is 0. The van der Waals surface area contributed by atoms with Crippen molar-refractivity contribution in [1.82, 2.24) is 4.90 Å². The highest BCUT2D eigenvalue weighted by molar-refractivity contribution is 5.79. The molecule has 126 valence electrons. The highest BCUT2D eigenvalue weighted by atomic mass is 16.5. The molecule has 1 aliphatic heterocycles. The molecule has 1 heterocycles. The van der Waals surface area contributed by atoms with E-state index in [1.165, 1.54) is 0 Å². The monoisotopic (exact) mass is 325 g/mol. The van der Waals surface area contributed by atoms with E-state index in [4.69, 9.17) is 9.47 Å². The van der Waals surface area contributed by atoms with Crippen molar-refractivity contribution in [3.63, 3.8) is 0 Å². The van der Waals surface area contributed by atoms with Crippen LogP contribution in [-0.4, -0.2) is 37.1 Å². The van der Waals surface area contributed by atoms with Gasteiger partial charge in [-0.1, -0.05) is 42.5 Å². The minimum atomic E-state index is -0.0377. The number of amides is 1. The Morgan fingerprint density at radius 1 is 1.17 bits per heavy atom. The molecule has 0 bridgehead atoms. The van der Waals surface area contributed by atoms with Crippen LogP contribution in [-0.2, 0) is 16.0 Å². The van der Waals surface area contributed by atoms with Gasteiger partial charge < -0.3 is 14.4 Å². The molecule has 1 saturated heterocycles. The van der Waals surface area contributed by atoms with Crippen molar-refractivity contribution in [2.45, 2.75) is 19.4 Å². The summed E-state index contributed by atoms with van der Waals surface area (Å²) < 4.78 is 11.3. The molecule has 2 aromatic carbocycles. The first-order chi connectivity index (χ1) is 11.8. The van der Waals surface area contributed by atoms with Crippen LogP contribution in [0.25, 0.3) is 0 Å². The van der Waals surface area contributed by atoms with Gasteiger partial charge in [-0.2, -0.15) is 0 Å². The van der Waals surface area contributed by atoms with Crippen LogP contribution in [0.1, 0.15) is 24.2 Å². The number of carbonyl (C=O) groups excluding carboxylic acids is 1. The number of rotatable bonds is 5. The second-order valence-corrected chi connectivity index (χ2v) is 5.86. The Morgan fingerprint density at radius 2 is 1.92 bits per heavy atom. The van der Waals surface area contributed by atoms with Crippen LogP contribution in [0.2, 0.25) is 0 Å². The topological polar surface area (TPSA) is 38.8 Å². The Kier molecular flexibility index (Phi) is 5.49. The second kappa shape index (κ2) is 7.97. The third kappa shape index (κ3) is 4.15. The van der Waals surface area contributed by atoms with Crippen molar-refractivity contribution in [2.24, 2.45) is 0 Å². The van der Waals surface area contributed by atoms with Gasteiger partial charge in [0, 0.05) is 6.54 Å². The number of hydrogen-bond acceptors (Lipinski definition) is 3. The molecule has 3 rings (SSSR count). The average molecular weight is 325 g/mol. The summed E-state index contributed by atoms with van der Waals surface area (Å²) in [6.07, 6.45) is 0.373. The molecule has 1 atom stereocenters. The smallest absolute Gasteiger partial charge is 0.227 e. The van der Waals surface area contributed by atoms with E-state index in [-0.39, 0.29) is 12.0 Å². The third-order valence-corrected chi connectivity index (χ3v) is 4.18. The molecule has 0 aliphatic carbocycles. The summed E-state index contributed by atoms with van der Waals surface area (Å²) in [6.45, 7) is 4.44. The number of morpholine rings is 1. The first-order valence-corrected chi connectivity index (χ1v) is 8.42. The van der Waals surface area contributed by atoms with Crippen molar-refractivity contribution >= 4 is 5.91 Å². The minimum absolute atomic E-state index is 0.0377. The highest BCUT2D eigenvalue weighted by Gasteiger charge is 2.25. The van der Waals surface area contributed by atoms with E-state index in [9.17, 15) is 4.79 Å². The van der Waals surface area contributed by atoms with Crippen LogP contribution in [0.4, 0.5) is 0 Å². The molecule has 0 saturated carbocycles. The molecule has 0 N–H and O–H groups in total. The number of hydrogen-bond donors (Lipinski definition) is 0. The number of carbonyl (C=O) groups is 1. The Labute approximate surface area is 143 Å². The lowest BCUT2D eigenvalue weighted by molar-refractivity contribution is -0.138. The lowest BCUT2D eigenvalue weighted by Gasteiger charge is -2.33. The van der Waals surface area contributed by atoms with Crippen LogP contribution in [0.15, 0.2) is 54.6 Å². The van der Waals surface area contributed by atoms with E-state index in [0.29, 0.717) is 32.7 Å². The van der Waals surface area contributed by atoms with Gasteiger partial charge in [-0.05, 0) is 30.2 Å². The fourth-order valence-corrected chi connectivity index (χ4v) is 2.90. The zero-order valence-corrected chi connectivity index (χ0v) is 14.0. The lowest BCUT2D eigenvalue weighted by atomic mass is 10.1. The van der Waals surface area contributed by atoms with Crippen molar-refractivity contribution in [1.29, 1.82) is 0 Å². The molecule has 0 aromatic heterocycles. The predicted molar refractivity (Wildman–Crippen MR) is 93.0 cm³/mol. The van der Waals surface area contributed by atoms with E-state index in [0.717, 1.165) is 16.9 Å². The van der Waals surface area contributed by atoms with Gasteiger partial charge in [0.2, 0.25) is 5.91 Å². The number of nitrogens with zero attached hydrogens (tertiary/aromatic N) is 1. The average Bonchev–Trinajstić information content (AvgIpc) is 2.64. The standard InChI is InChI=1S/C20H23NO3/c1-2-23-18-10-8-16(9-11-18)14-20(22)21-12-13-24-19(15-21)17-6-4-3-5-7-17/h3-11,19H,2,12-15H2,1H3. The van der Waals surface area contributed by atoms with Gasteiger partial charge in [-0.25, -0.2) is 0 Å². The van der Waals surface area contributed by atoms with Crippen LogP contribution >= 0.6 is 0 Å². The van der Waals surface area contributed by atoms with Crippen LogP contribution in [0.5, 0.6) is 5.75 Å². The summed E-state index contributed by atoms with van der Waals surface area (Å²) in [6, 6.07) is 17.8. The predicted octanol–water partition coefficient (Wildman–Crippen LogP) is 3.23. The van der Waals surface area contributed by atoms with E-state index in [2.05, 4.69) is 0 Å². The van der Waals surface area contributed by atoms with Gasteiger partial charge in [-0.15, -0.1) is 0 Å². The van der Waals surface area contributed by atoms with E-state index in [1.807, 2.05) is 66.4 Å². The molecular weight excluding hydrogens is 302 g/mol. The second-order valence-electron chi connectivity index (χ2n) is 5.86. The first kappa shape index (κ1) is 16.5. The van der Waals surface area contributed by atoms with Gasteiger partial charge >= 0.3 is 0 Å². The van der Waals surface area contributed by atoms with Crippen molar-refractivity contribution in [3.8, 4) is 5.75 Å². The van der Waals surface area contributed by atoms with Crippen LogP contribution < -0.4 is 4.74 Å². The minimum Gasteiger partial charge on any atom is -0.494 e. The van der Waals surface area contributed by atoms with Gasteiger partial charge in [-0.3, -0.25) is 4.79 Å². The molecule has 4 heteroatoms. The summed E-state index contributed by atoms with van der Waals surface area (Å²) in [4.78, 5) is 14.5. The molecule has 2 aromatic rings. The molecule has 1 unspecified atom stereocenters. The molecule has 1 amide bonds. The maximum absolute atomic E-state index is 12.6. The fourth-order valence-electron chi connectivity index (χ4n) is 2.90. The number of ether oxygens (including phenoxy) is 2. The molecule has 24 heavy (non-hydrogen) atoms. The molecule has 4 nitrogen and oxygen atoms in total. The molecule has 0 spiro atoms. The number of benzene rings is 2. The Balaban J connectivity index is 1.60. The third-order valence-electron chi connectivity index (χ3n) is 4.18. The Morgan fingerprint density at radius 3 is 2.62 bits per heavy atom. The van der Waals surface area contributed by atoms with Gasteiger partial charge in [0.1, 0.15) is 11.9 Å². The maximum atomic E-state index is 12.6. The van der Waals surface area contributed by atoms with Gasteiger partial charge in [0.25, 0.3) is 0 Å². The fraction of sp³-hybridized carbons (Fsp3) is 0.350. The molecule has 1 fully saturated rings. The molecular formula is C20H23NO3. The van der Waals surface area contributed by atoms with Gasteiger partial charge in [0.15, 0.2) is 0 Å². The van der Waals surface area contributed by atoms with Crippen molar-refractivity contribution < 1.29 is 14.3 Å². The van der Waals surface area contributed by atoms with E-state index >= 15 is 0 Å². The molecule has 0 radical (unpaired) electrons. The largest absolute Gasteiger partial charge is 0.494 e. The maximum Gasteiger partial charge on any atom is 0.227 e. The highest BCUT2D eigenvalue weighted by Crippen LogP contribution is 2.22. The normalized spacial score (nSPS) is 17.5. The zero-order chi connectivity index (χ0) is 16.8. The van der Waals surface area contributed by atoms with E-state index < -0.39 is 0 Å². The summed E-state index contributed by atoms with van der Waals surface area (Å²) in [5, 5.41) is 0.